The molecule has 0 spiro atoms. The van der Waals surface area contributed by atoms with Gasteiger partial charge in [-0.2, -0.15) is 0 Å². The molecule has 2 aromatic rings. The number of benzene rings is 2. The van der Waals surface area contributed by atoms with Gasteiger partial charge in [0.25, 0.3) is 11.8 Å². The molecule has 0 aromatic heterocycles. The summed E-state index contributed by atoms with van der Waals surface area (Å²) in [6, 6.07) is 15.9. The van der Waals surface area contributed by atoms with E-state index in [0.717, 1.165) is 10.5 Å². The summed E-state index contributed by atoms with van der Waals surface area (Å²) in [6.45, 7) is 5.42. The lowest BCUT2D eigenvalue weighted by atomic mass is 10.1. The van der Waals surface area contributed by atoms with E-state index >= 15 is 0 Å². The topological polar surface area (TPSA) is 82.1 Å². The molecule has 0 aliphatic carbocycles. The van der Waals surface area contributed by atoms with Crippen molar-refractivity contribution in [3.63, 3.8) is 0 Å². The molecule has 0 fully saturated rings. The molecular weight excluding hydrogens is 405 g/mol. The van der Waals surface area contributed by atoms with Gasteiger partial charge in [-0.1, -0.05) is 42.5 Å². The zero-order valence-corrected chi connectivity index (χ0v) is 18.3. The molecule has 2 aromatic carbocycles. The van der Waals surface area contributed by atoms with Crippen LogP contribution in [-0.4, -0.2) is 41.8 Å². The van der Waals surface area contributed by atoms with E-state index in [1.807, 2.05) is 30.3 Å². The Balaban J connectivity index is 1.98. The molecular formula is C22H26NO6P. The highest BCUT2D eigenvalue weighted by Crippen LogP contribution is 2.52. The summed E-state index contributed by atoms with van der Waals surface area (Å²) in [5.74, 6) is -0.989. The van der Waals surface area contributed by atoms with E-state index in [1.54, 1.807) is 45.0 Å². The van der Waals surface area contributed by atoms with E-state index in [9.17, 15) is 14.2 Å². The van der Waals surface area contributed by atoms with Crippen molar-refractivity contribution in [3.05, 3.63) is 71.3 Å². The number of imide groups is 1. The van der Waals surface area contributed by atoms with E-state index in [0.29, 0.717) is 11.1 Å². The number of rotatable bonds is 10. The largest absolute Gasteiger partial charge is 0.350 e. The number of carbonyl (C=O) groups excluding carboxylic acids is 2. The van der Waals surface area contributed by atoms with Crippen LogP contribution in [0.25, 0.3) is 0 Å². The molecule has 160 valence electrons. The minimum absolute atomic E-state index is 0.114. The molecule has 0 radical (unpaired) electrons. The lowest BCUT2D eigenvalue weighted by Gasteiger charge is -2.38. The summed E-state index contributed by atoms with van der Waals surface area (Å²) in [7, 11) is -3.63. The molecule has 1 unspecified atom stereocenters. The Kier molecular flexibility index (Phi) is 6.88. The monoisotopic (exact) mass is 431 g/mol. The van der Waals surface area contributed by atoms with Crippen LogP contribution in [0.2, 0.25) is 0 Å². The Bertz CT molecular complexity index is 918. The smallest absolute Gasteiger partial charge is 0.335 e. The first-order valence-corrected chi connectivity index (χ1v) is 11.6. The van der Waals surface area contributed by atoms with Crippen LogP contribution < -0.4 is 0 Å². The Hall–Kier alpha value is -2.31. The fourth-order valence-corrected chi connectivity index (χ4v) is 5.49. The molecule has 1 aliphatic heterocycles. The zero-order chi connectivity index (χ0) is 21.8. The molecule has 8 heteroatoms. The summed E-state index contributed by atoms with van der Waals surface area (Å²) in [6.07, 6.45) is -0.278. The third-order valence-corrected chi connectivity index (χ3v) is 7.08. The van der Waals surface area contributed by atoms with Crippen LogP contribution in [0.3, 0.4) is 0 Å². The van der Waals surface area contributed by atoms with Crippen molar-refractivity contribution in [1.29, 1.82) is 0 Å². The first-order valence-electron chi connectivity index (χ1n) is 9.87. The predicted molar refractivity (Wildman–Crippen MR) is 112 cm³/mol. The molecule has 1 heterocycles. The normalized spacial score (nSPS) is 15.9. The minimum atomic E-state index is -3.63. The van der Waals surface area contributed by atoms with Crippen molar-refractivity contribution in [2.75, 3.05) is 19.4 Å². The van der Waals surface area contributed by atoms with E-state index in [1.165, 1.54) is 0 Å². The van der Waals surface area contributed by atoms with Crippen LogP contribution in [0, 0.1) is 0 Å². The number of carbonyl (C=O) groups is 2. The highest BCUT2D eigenvalue weighted by Gasteiger charge is 2.51. The molecule has 0 N–H and O–H groups in total. The average molecular weight is 431 g/mol. The molecule has 30 heavy (non-hydrogen) atoms. The van der Waals surface area contributed by atoms with Gasteiger partial charge in [0.2, 0.25) is 0 Å². The maximum Gasteiger partial charge on any atom is 0.335 e. The summed E-state index contributed by atoms with van der Waals surface area (Å²) < 4.78 is 30.3. The number of hydrogen-bond acceptors (Lipinski definition) is 6. The van der Waals surface area contributed by atoms with E-state index in [2.05, 4.69) is 0 Å². The third kappa shape index (κ3) is 4.55. The zero-order valence-electron chi connectivity index (χ0n) is 17.4. The molecule has 3 rings (SSSR count). The quantitative estimate of drug-likeness (QED) is 0.407. The summed E-state index contributed by atoms with van der Waals surface area (Å²) in [4.78, 5) is 27.3. The molecule has 0 saturated heterocycles. The first kappa shape index (κ1) is 22.4. The van der Waals surface area contributed by atoms with E-state index in [4.69, 9.17) is 13.8 Å². The summed E-state index contributed by atoms with van der Waals surface area (Å²) in [5.41, 5.74) is -0.106. The second-order valence-electron chi connectivity index (χ2n) is 7.05. The van der Waals surface area contributed by atoms with Gasteiger partial charge in [0.1, 0.15) is 0 Å². The molecule has 0 saturated carbocycles. The van der Waals surface area contributed by atoms with Gasteiger partial charge in [-0.05, 0) is 38.5 Å². The SMILES string of the molecule is CCOP(=O)(CC(C)(OCc1ccccc1)N1C(=O)c2ccccc2C1=O)OCC. The van der Waals surface area contributed by atoms with Crippen LogP contribution in [0.4, 0.5) is 0 Å². The van der Waals surface area contributed by atoms with Crippen molar-refractivity contribution in [3.8, 4) is 0 Å². The maximum absolute atomic E-state index is 13.3. The number of hydrogen-bond donors (Lipinski definition) is 0. The summed E-state index contributed by atoms with van der Waals surface area (Å²) in [5, 5.41) is 0. The van der Waals surface area contributed by atoms with Crippen molar-refractivity contribution < 1.29 is 27.9 Å². The van der Waals surface area contributed by atoms with Crippen LogP contribution in [0.5, 0.6) is 0 Å². The molecule has 2 amide bonds. The highest BCUT2D eigenvalue weighted by molar-refractivity contribution is 7.53. The van der Waals surface area contributed by atoms with Gasteiger partial charge in [0.15, 0.2) is 5.72 Å². The van der Waals surface area contributed by atoms with Crippen molar-refractivity contribution in [2.24, 2.45) is 0 Å². The molecule has 1 aliphatic rings. The molecule has 7 nitrogen and oxygen atoms in total. The fraction of sp³-hybridized carbons (Fsp3) is 0.364. The lowest BCUT2D eigenvalue weighted by Crippen LogP contribution is -2.54. The molecule has 1 atom stereocenters. The second kappa shape index (κ2) is 9.23. The second-order valence-corrected chi connectivity index (χ2v) is 9.10. The van der Waals surface area contributed by atoms with Crippen LogP contribution in [-0.2, 0) is 25.0 Å². The highest BCUT2D eigenvalue weighted by atomic mass is 31.2. The number of nitrogens with zero attached hydrogens (tertiary/aromatic N) is 1. The van der Waals surface area contributed by atoms with Gasteiger partial charge >= 0.3 is 7.60 Å². The minimum Gasteiger partial charge on any atom is -0.350 e. The van der Waals surface area contributed by atoms with Gasteiger partial charge < -0.3 is 13.8 Å². The van der Waals surface area contributed by atoms with Crippen LogP contribution in [0.1, 0.15) is 47.1 Å². The van der Waals surface area contributed by atoms with Gasteiger partial charge in [0, 0.05) is 0 Å². The maximum atomic E-state index is 13.3. The Labute approximate surface area is 176 Å². The number of ether oxygens (including phenoxy) is 1. The van der Waals surface area contributed by atoms with Crippen LogP contribution >= 0.6 is 7.60 Å². The van der Waals surface area contributed by atoms with E-state index < -0.39 is 25.1 Å². The lowest BCUT2D eigenvalue weighted by molar-refractivity contribution is -0.104. The Morgan fingerprint density at radius 3 is 1.87 bits per heavy atom. The Morgan fingerprint density at radius 1 is 0.867 bits per heavy atom. The standard InChI is InChI=1S/C22H26NO6P/c1-4-28-30(26,29-5-2)16-22(3,27-15-17-11-7-6-8-12-17)23-20(24)18-13-9-10-14-19(18)21(23)25/h6-14H,4-5,15-16H2,1-3H3. The summed E-state index contributed by atoms with van der Waals surface area (Å²) >= 11 is 0. The Morgan fingerprint density at radius 2 is 1.37 bits per heavy atom. The number of fused-ring (bicyclic) bond motifs is 1. The molecule has 0 bridgehead atoms. The van der Waals surface area contributed by atoms with E-state index in [-0.39, 0.29) is 26.0 Å². The third-order valence-electron chi connectivity index (χ3n) is 4.80. The number of amides is 2. The first-order chi connectivity index (χ1) is 14.3. The van der Waals surface area contributed by atoms with Crippen molar-refractivity contribution in [1.82, 2.24) is 4.90 Å². The van der Waals surface area contributed by atoms with Gasteiger partial charge in [-0.3, -0.25) is 14.2 Å². The average Bonchev–Trinajstić information content (AvgIpc) is 2.99. The van der Waals surface area contributed by atoms with Crippen LogP contribution in [0.15, 0.2) is 54.6 Å². The van der Waals surface area contributed by atoms with Gasteiger partial charge in [-0.15, -0.1) is 0 Å². The fourth-order valence-electron chi connectivity index (χ4n) is 3.49. The predicted octanol–water partition coefficient (Wildman–Crippen LogP) is 4.48. The van der Waals surface area contributed by atoms with Gasteiger partial charge in [0.05, 0.1) is 37.1 Å². The van der Waals surface area contributed by atoms with Crippen molar-refractivity contribution >= 4 is 19.4 Å². The van der Waals surface area contributed by atoms with Gasteiger partial charge in [-0.25, -0.2) is 4.90 Å². The van der Waals surface area contributed by atoms with Crippen molar-refractivity contribution in [2.45, 2.75) is 33.1 Å².